The molecule has 1 aromatic heterocycles. The van der Waals surface area contributed by atoms with Crippen molar-refractivity contribution in [2.24, 2.45) is 5.92 Å². The average Bonchev–Trinajstić information content (AvgIpc) is 3.27. The minimum Gasteiger partial charge on any atom is -0.370 e. The highest BCUT2D eigenvalue weighted by Gasteiger charge is 2.25. The van der Waals surface area contributed by atoms with Gasteiger partial charge in [-0.05, 0) is 12.0 Å². The first-order chi connectivity index (χ1) is 12.3. The number of carbonyl (C=O) groups is 1. The lowest BCUT2D eigenvalue weighted by Gasteiger charge is -2.29. The first-order valence-corrected chi connectivity index (χ1v) is 9.11. The summed E-state index contributed by atoms with van der Waals surface area (Å²) in [6.45, 7) is 4.39. The van der Waals surface area contributed by atoms with E-state index >= 15 is 0 Å². The molecule has 2 aliphatic heterocycles. The summed E-state index contributed by atoms with van der Waals surface area (Å²) in [7, 11) is 0. The van der Waals surface area contributed by atoms with E-state index in [1.165, 1.54) is 5.56 Å². The van der Waals surface area contributed by atoms with E-state index in [4.69, 9.17) is 0 Å². The number of likely N-dealkylation sites (tertiary alicyclic amines) is 1. The summed E-state index contributed by atoms with van der Waals surface area (Å²) >= 11 is 0. The standard InChI is InChI=1S/C19H25N5O/c25-19-7-4-10-23(19)14-17(16-5-2-1-3-6-16)20-11-15-12-21-18-8-9-22-24(18)13-15/h1-3,5-6,8-9,15,17,20-21H,4,7,10-14H2/t15-,17-/m1/s1. The molecule has 1 saturated heterocycles. The van der Waals surface area contributed by atoms with Crippen LogP contribution in [0.1, 0.15) is 24.4 Å². The molecule has 1 amide bonds. The number of carbonyl (C=O) groups excluding carboxylic acids is 1. The molecular formula is C19H25N5O. The van der Waals surface area contributed by atoms with Gasteiger partial charge >= 0.3 is 0 Å². The van der Waals surface area contributed by atoms with Crippen LogP contribution in [0.25, 0.3) is 0 Å². The minimum atomic E-state index is 0.169. The summed E-state index contributed by atoms with van der Waals surface area (Å²) < 4.78 is 2.03. The third kappa shape index (κ3) is 3.69. The molecule has 0 unspecified atom stereocenters. The lowest BCUT2D eigenvalue weighted by atomic mass is 10.0. The largest absolute Gasteiger partial charge is 0.370 e. The van der Waals surface area contributed by atoms with Gasteiger partial charge in [0, 0.05) is 57.2 Å². The lowest BCUT2D eigenvalue weighted by Crippen LogP contribution is -2.41. The van der Waals surface area contributed by atoms with Gasteiger partial charge in [-0.15, -0.1) is 0 Å². The fourth-order valence-corrected chi connectivity index (χ4v) is 3.72. The molecule has 25 heavy (non-hydrogen) atoms. The topological polar surface area (TPSA) is 62.2 Å². The molecule has 2 atom stereocenters. The first kappa shape index (κ1) is 16.1. The second-order valence-corrected chi connectivity index (χ2v) is 6.96. The molecule has 0 aliphatic carbocycles. The Balaban J connectivity index is 1.41. The van der Waals surface area contributed by atoms with E-state index in [2.05, 4.69) is 40.0 Å². The van der Waals surface area contributed by atoms with Gasteiger partial charge in [0.2, 0.25) is 5.91 Å². The van der Waals surface area contributed by atoms with Crippen molar-refractivity contribution < 1.29 is 4.79 Å². The van der Waals surface area contributed by atoms with Gasteiger partial charge in [-0.25, -0.2) is 4.68 Å². The SMILES string of the molecule is O=C1CCCN1C[C@@H](NC[C@@H]1CNc2ccnn2C1)c1ccccc1. The molecule has 0 saturated carbocycles. The van der Waals surface area contributed by atoms with Gasteiger partial charge in [0.25, 0.3) is 0 Å². The van der Waals surface area contributed by atoms with Gasteiger partial charge in [-0.3, -0.25) is 4.79 Å². The Morgan fingerprint density at radius 3 is 2.96 bits per heavy atom. The Labute approximate surface area is 148 Å². The van der Waals surface area contributed by atoms with E-state index < -0.39 is 0 Å². The Hall–Kier alpha value is -2.34. The van der Waals surface area contributed by atoms with Crippen molar-refractivity contribution in [1.82, 2.24) is 20.0 Å². The maximum Gasteiger partial charge on any atom is 0.222 e. The van der Waals surface area contributed by atoms with E-state index in [0.29, 0.717) is 12.3 Å². The zero-order chi connectivity index (χ0) is 17.1. The molecule has 4 rings (SSSR count). The molecule has 3 heterocycles. The third-order valence-corrected chi connectivity index (χ3v) is 5.15. The summed E-state index contributed by atoms with van der Waals surface area (Å²) in [6.07, 6.45) is 3.51. The van der Waals surface area contributed by atoms with Crippen LogP contribution in [0.5, 0.6) is 0 Å². The van der Waals surface area contributed by atoms with Crippen LogP contribution in [0.3, 0.4) is 0 Å². The molecule has 2 aromatic rings. The molecule has 2 aliphatic rings. The molecule has 1 aromatic carbocycles. The first-order valence-electron chi connectivity index (χ1n) is 9.11. The van der Waals surface area contributed by atoms with Gasteiger partial charge in [-0.1, -0.05) is 30.3 Å². The highest BCUT2D eigenvalue weighted by Crippen LogP contribution is 2.20. The van der Waals surface area contributed by atoms with Crippen molar-refractivity contribution in [3.63, 3.8) is 0 Å². The van der Waals surface area contributed by atoms with E-state index in [0.717, 1.165) is 45.0 Å². The summed E-state index contributed by atoms with van der Waals surface area (Å²) in [4.78, 5) is 14.0. The molecule has 0 bridgehead atoms. The minimum absolute atomic E-state index is 0.169. The fourth-order valence-electron chi connectivity index (χ4n) is 3.72. The summed E-state index contributed by atoms with van der Waals surface area (Å²) in [5.41, 5.74) is 1.24. The van der Waals surface area contributed by atoms with Gasteiger partial charge in [0.15, 0.2) is 0 Å². The number of hydrogen-bond acceptors (Lipinski definition) is 4. The van der Waals surface area contributed by atoms with Gasteiger partial charge in [-0.2, -0.15) is 5.10 Å². The monoisotopic (exact) mass is 339 g/mol. The van der Waals surface area contributed by atoms with Crippen LogP contribution in [0.15, 0.2) is 42.6 Å². The number of nitrogens with one attached hydrogen (secondary N) is 2. The van der Waals surface area contributed by atoms with E-state index in [1.54, 1.807) is 0 Å². The van der Waals surface area contributed by atoms with Crippen LogP contribution in [0, 0.1) is 5.92 Å². The van der Waals surface area contributed by atoms with Crippen LogP contribution >= 0.6 is 0 Å². The number of amides is 1. The molecule has 0 spiro atoms. The zero-order valence-corrected chi connectivity index (χ0v) is 14.4. The molecular weight excluding hydrogens is 314 g/mol. The highest BCUT2D eigenvalue weighted by atomic mass is 16.2. The van der Waals surface area contributed by atoms with E-state index in [9.17, 15) is 4.79 Å². The highest BCUT2D eigenvalue weighted by molar-refractivity contribution is 5.78. The number of fused-ring (bicyclic) bond motifs is 1. The van der Waals surface area contributed by atoms with Crippen molar-refractivity contribution >= 4 is 11.7 Å². The van der Waals surface area contributed by atoms with Crippen LogP contribution in [-0.2, 0) is 11.3 Å². The predicted molar refractivity (Wildman–Crippen MR) is 97.2 cm³/mol. The average molecular weight is 339 g/mol. The Bertz CT molecular complexity index is 714. The van der Waals surface area contributed by atoms with E-state index in [1.807, 2.05) is 27.9 Å². The fraction of sp³-hybridized carbons (Fsp3) is 0.474. The van der Waals surface area contributed by atoms with Gasteiger partial charge in [0.05, 0.1) is 6.20 Å². The smallest absolute Gasteiger partial charge is 0.222 e. The van der Waals surface area contributed by atoms with Crippen LogP contribution in [0.2, 0.25) is 0 Å². The van der Waals surface area contributed by atoms with Crippen LogP contribution < -0.4 is 10.6 Å². The number of aromatic nitrogens is 2. The zero-order valence-electron chi connectivity index (χ0n) is 14.4. The molecule has 6 heteroatoms. The summed E-state index contributed by atoms with van der Waals surface area (Å²) in [5.74, 6) is 1.86. The third-order valence-electron chi connectivity index (χ3n) is 5.15. The molecule has 2 N–H and O–H groups in total. The van der Waals surface area contributed by atoms with Crippen LogP contribution in [-0.4, -0.2) is 46.8 Å². The van der Waals surface area contributed by atoms with Crippen molar-refractivity contribution in [2.45, 2.75) is 25.4 Å². The van der Waals surface area contributed by atoms with Crippen molar-refractivity contribution in [1.29, 1.82) is 0 Å². The molecule has 132 valence electrons. The Kier molecular flexibility index (Phi) is 4.70. The van der Waals surface area contributed by atoms with Gasteiger partial charge < -0.3 is 15.5 Å². The van der Waals surface area contributed by atoms with Crippen molar-refractivity contribution in [2.75, 3.05) is 31.5 Å². The number of nitrogens with zero attached hydrogens (tertiary/aromatic N) is 3. The van der Waals surface area contributed by atoms with Gasteiger partial charge in [0.1, 0.15) is 5.82 Å². The molecule has 6 nitrogen and oxygen atoms in total. The predicted octanol–water partition coefficient (Wildman–Crippen LogP) is 1.88. The van der Waals surface area contributed by atoms with Crippen molar-refractivity contribution in [3.8, 4) is 0 Å². The quantitative estimate of drug-likeness (QED) is 0.843. The normalized spacial score (nSPS) is 21.0. The maximum absolute atomic E-state index is 12.0. The lowest BCUT2D eigenvalue weighted by molar-refractivity contribution is -0.128. The van der Waals surface area contributed by atoms with Crippen LogP contribution in [0.4, 0.5) is 5.82 Å². The second kappa shape index (κ2) is 7.27. The summed E-state index contributed by atoms with van der Waals surface area (Å²) in [6, 6.07) is 12.6. The summed E-state index contributed by atoms with van der Waals surface area (Å²) in [5, 5.41) is 11.5. The number of rotatable bonds is 6. The molecule has 0 radical (unpaired) electrons. The second-order valence-electron chi connectivity index (χ2n) is 6.96. The number of anilines is 1. The Morgan fingerprint density at radius 2 is 2.16 bits per heavy atom. The Morgan fingerprint density at radius 1 is 1.28 bits per heavy atom. The van der Waals surface area contributed by atoms with Crippen molar-refractivity contribution in [3.05, 3.63) is 48.2 Å². The number of hydrogen-bond donors (Lipinski definition) is 2. The maximum atomic E-state index is 12.0. The number of benzene rings is 1. The van der Waals surface area contributed by atoms with E-state index in [-0.39, 0.29) is 11.9 Å². The molecule has 1 fully saturated rings.